The van der Waals surface area contributed by atoms with Crippen LogP contribution in [0.4, 0.5) is 5.69 Å². The molecule has 0 aliphatic rings. The molecule has 3 nitrogen and oxygen atoms in total. The molecule has 4 N–H and O–H groups in total. The van der Waals surface area contributed by atoms with Crippen molar-refractivity contribution < 1.29 is 0 Å². The molecule has 74 valence electrons. The summed E-state index contributed by atoms with van der Waals surface area (Å²) < 4.78 is 0.988. The summed E-state index contributed by atoms with van der Waals surface area (Å²) in [4.78, 5) is 0. The maximum atomic E-state index is 7.23. The number of nitrogens with two attached hydrogens (primary N) is 1. The average Bonchev–Trinajstić information content (AvgIpc) is 2.01. The SMILES string of the molecule is CC(=N)/C=C(/N)Nc1cccc(Br)c1. The number of allylic oxidation sites excluding steroid dienone is 1. The normalized spacial score (nSPS) is 11.1. The van der Waals surface area contributed by atoms with Crippen LogP contribution < -0.4 is 11.1 Å². The fourth-order valence-corrected chi connectivity index (χ4v) is 1.40. The van der Waals surface area contributed by atoms with Crippen molar-refractivity contribution in [3.8, 4) is 0 Å². The highest BCUT2D eigenvalue weighted by atomic mass is 79.9. The van der Waals surface area contributed by atoms with Gasteiger partial charge in [-0.3, -0.25) is 0 Å². The van der Waals surface area contributed by atoms with E-state index in [4.69, 9.17) is 11.1 Å². The van der Waals surface area contributed by atoms with E-state index in [1.165, 1.54) is 0 Å². The van der Waals surface area contributed by atoms with E-state index in [2.05, 4.69) is 21.2 Å². The minimum absolute atomic E-state index is 0.421. The zero-order valence-corrected chi connectivity index (χ0v) is 9.43. The fraction of sp³-hybridized carbons (Fsp3) is 0.100. The quantitative estimate of drug-likeness (QED) is 0.726. The Morgan fingerprint density at radius 2 is 2.29 bits per heavy atom. The molecule has 1 rings (SSSR count). The Morgan fingerprint density at radius 3 is 2.86 bits per heavy atom. The van der Waals surface area contributed by atoms with Crippen LogP contribution in [0.5, 0.6) is 0 Å². The summed E-state index contributed by atoms with van der Waals surface area (Å²) in [7, 11) is 0. The molecule has 0 atom stereocenters. The van der Waals surface area contributed by atoms with Crippen LogP contribution in [0.3, 0.4) is 0 Å². The van der Waals surface area contributed by atoms with Crippen molar-refractivity contribution in [2.24, 2.45) is 5.73 Å². The summed E-state index contributed by atoms with van der Waals surface area (Å²) in [6.45, 7) is 1.68. The molecule has 0 fully saturated rings. The number of halogens is 1. The first-order valence-corrected chi connectivity index (χ1v) is 4.92. The molecule has 0 radical (unpaired) electrons. The van der Waals surface area contributed by atoms with Crippen LogP contribution in [0, 0.1) is 5.41 Å². The highest BCUT2D eigenvalue weighted by Gasteiger charge is 1.94. The fourth-order valence-electron chi connectivity index (χ4n) is 1.00. The molecule has 0 heterocycles. The monoisotopic (exact) mass is 253 g/mol. The first-order chi connectivity index (χ1) is 6.58. The molecule has 0 amide bonds. The van der Waals surface area contributed by atoms with Crippen LogP contribution >= 0.6 is 15.9 Å². The van der Waals surface area contributed by atoms with Gasteiger partial charge in [-0.1, -0.05) is 22.0 Å². The first kappa shape index (κ1) is 10.8. The molecule has 0 aliphatic carbocycles. The second kappa shape index (κ2) is 4.81. The van der Waals surface area contributed by atoms with E-state index in [0.717, 1.165) is 10.2 Å². The van der Waals surface area contributed by atoms with Crippen LogP contribution in [0.1, 0.15) is 6.92 Å². The van der Waals surface area contributed by atoms with Crippen LogP contribution in [-0.4, -0.2) is 5.71 Å². The van der Waals surface area contributed by atoms with Gasteiger partial charge in [-0.25, -0.2) is 0 Å². The number of nitrogens with one attached hydrogen (secondary N) is 2. The molecule has 0 saturated heterocycles. The third-order valence-corrected chi connectivity index (χ3v) is 1.98. The predicted octanol–water partition coefficient (Wildman–Crippen LogP) is 2.70. The lowest BCUT2D eigenvalue weighted by molar-refractivity contribution is 1.31. The summed E-state index contributed by atoms with van der Waals surface area (Å²) in [6, 6.07) is 7.68. The molecule has 14 heavy (non-hydrogen) atoms. The molecule has 0 unspecified atom stereocenters. The molecule has 0 spiro atoms. The minimum atomic E-state index is 0.421. The topological polar surface area (TPSA) is 61.9 Å². The van der Waals surface area contributed by atoms with Gasteiger partial charge in [0.25, 0.3) is 0 Å². The summed E-state index contributed by atoms with van der Waals surface area (Å²) >= 11 is 3.36. The van der Waals surface area contributed by atoms with Crippen LogP contribution in [0.2, 0.25) is 0 Å². The van der Waals surface area contributed by atoms with Crippen molar-refractivity contribution in [3.63, 3.8) is 0 Å². The molecule has 1 aromatic carbocycles. The Kier molecular flexibility index (Phi) is 3.71. The van der Waals surface area contributed by atoms with E-state index in [1.54, 1.807) is 13.0 Å². The standard InChI is InChI=1S/C10H12BrN3/c1-7(12)5-10(13)14-9-4-2-3-8(11)6-9/h2-6,12,14H,13H2,1H3/b10-5-,12-7?. The van der Waals surface area contributed by atoms with E-state index < -0.39 is 0 Å². The average molecular weight is 254 g/mol. The van der Waals surface area contributed by atoms with E-state index >= 15 is 0 Å². The molecular weight excluding hydrogens is 242 g/mol. The zero-order chi connectivity index (χ0) is 10.6. The lowest BCUT2D eigenvalue weighted by atomic mass is 10.3. The highest BCUT2D eigenvalue weighted by molar-refractivity contribution is 9.10. The van der Waals surface area contributed by atoms with Crippen molar-refractivity contribution in [1.29, 1.82) is 5.41 Å². The van der Waals surface area contributed by atoms with E-state index in [0.29, 0.717) is 11.5 Å². The maximum Gasteiger partial charge on any atom is 0.102 e. The van der Waals surface area contributed by atoms with Gasteiger partial charge < -0.3 is 16.5 Å². The Balaban J connectivity index is 2.74. The zero-order valence-electron chi connectivity index (χ0n) is 7.84. The molecule has 0 bridgehead atoms. The molecular formula is C10H12BrN3. The van der Waals surface area contributed by atoms with Crippen molar-refractivity contribution in [1.82, 2.24) is 0 Å². The number of hydrogen-bond donors (Lipinski definition) is 3. The number of rotatable bonds is 3. The summed E-state index contributed by atoms with van der Waals surface area (Å²) in [5.41, 5.74) is 6.97. The summed E-state index contributed by atoms with van der Waals surface area (Å²) in [6.07, 6.45) is 1.57. The van der Waals surface area contributed by atoms with Crippen LogP contribution in [0.15, 0.2) is 40.6 Å². The van der Waals surface area contributed by atoms with Gasteiger partial charge in [-0.05, 0) is 31.2 Å². The van der Waals surface area contributed by atoms with Gasteiger partial charge in [-0.15, -0.1) is 0 Å². The van der Waals surface area contributed by atoms with Gasteiger partial charge in [0.2, 0.25) is 0 Å². The third-order valence-electron chi connectivity index (χ3n) is 1.49. The molecule has 0 aliphatic heterocycles. The van der Waals surface area contributed by atoms with Crippen LogP contribution in [-0.2, 0) is 0 Å². The number of hydrogen-bond acceptors (Lipinski definition) is 3. The van der Waals surface area contributed by atoms with Crippen molar-refractivity contribution >= 4 is 27.3 Å². The smallest absolute Gasteiger partial charge is 0.102 e. The molecule has 0 aromatic heterocycles. The molecule has 1 aromatic rings. The van der Waals surface area contributed by atoms with Gasteiger partial charge >= 0.3 is 0 Å². The van der Waals surface area contributed by atoms with Crippen molar-refractivity contribution in [3.05, 3.63) is 40.6 Å². The van der Waals surface area contributed by atoms with Gasteiger partial charge in [0, 0.05) is 15.9 Å². The lowest BCUT2D eigenvalue weighted by Crippen LogP contribution is -2.10. The van der Waals surface area contributed by atoms with Crippen LogP contribution in [0.25, 0.3) is 0 Å². The maximum absolute atomic E-state index is 7.23. The lowest BCUT2D eigenvalue weighted by Gasteiger charge is -2.06. The highest BCUT2D eigenvalue weighted by Crippen LogP contribution is 2.16. The van der Waals surface area contributed by atoms with Gasteiger partial charge in [0.15, 0.2) is 0 Å². The Hall–Kier alpha value is -1.29. The largest absolute Gasteiger partial charge is 0.385 e. The Labute approximate surface area is 91.6 Å². The molecule has 4 heteroatoms. The summed E-state index contributed by atoms with van der Waals surface area (Å²) in [5.74, 6) is 0.468. The summed E-state index contributed by atoms with van der Waals surface area (Å²) in [5, 5.41) is 10.2. The van der Waals surface area contributed by atoms with Gasteiger partial charge in [0.05, 0.1) is 0 Å². The van der Waals surface area contributed by atoms with Crippen molar-refractivity contribution in [2.45, 2.75) is 6.92 Å². The Bertz CT molecular complexity index is 371. The number of anilines is 1. The minimum Gasteiger partial charge on any atom is -0.385 e. The molecule has 0 saturated carbocycles. The second-order valence-corrected chi connectivity index (χ2v) is 3.83. The van der Waals surface area contributed by atoms with E-state index in [9.17, 15) is 0 Å². The Morgan fingerprint density at radius 1 is 1.57 bits per heavy atom. The second-order valence-electron chi connectivity index (χ2n) is 2.92. The number of benzene rings is 1. The van der Waals surface area contributed by atoms with Gasteiger partial charge in [0.1, 0.15) is 5.82 Å². The van der Waals surface area contributed by atoms with E-state index in [1.807, 2.05) is 24.3 Å². The van der Waals surface area contributed by atoms with E-state index in [-0.39, 0.29) is 0 Å². The van der Waals surface area contributed by atoms with Crippen molar-refractivity contribution in [2.75, 3.05) is 5.32 Å². The van der Waals surface area contributed by atoms with Gasteiger partial charge in [-0.2, -0.15) is 0 Å². The predicted molar refractivity (Wildman–Crippen MR) is 63.4 cm³/mol. The first-order valence-electron chi connectivity index (χ1n) is 4.13. The third kappa shape index (κ3) is 3.62.